The molecule has 6 heteroatoms. The molecule has 0 bridgehead atoms. The van der Waals surface area contributed by atoms with Crippen molar-refractivity contribution in [3.63, 3.8) is 0 Å². The number of nitrogens with one attached hydrogen (secondary N) is 1. The van der Waals surface area contributed by atoms with E-state index in [9.17, 15) is 0 Å². The second-order valence-corrected chi connectivity index (χ2v) is 4.95. The van der Waals surface area contributed by atoms with Crippen molar-refractivity contribution < 1.29 is 4.52 Å². The van der Waals surface area contributed by atoms with Gasteiger partial charge in [0.05, 0.1) is 11.7 Å². The zero-order valence-electron chi connectivity index (χ0n) is 11.4. The fraction of sp³-hybridized carbons (Fsp3) is 0.615. The van der Waals surface area contributed by atoms with Crippen molar-refractivity contribution in [2.75, 3.05) is 6.54 Å². The molecule has 2 aromatic heterocycles. The number of aromatic nitrogens is 4. The summed E-state index contributed by atoms with van der Waals surface area (Å²) in [7, 11) is 0. The van der Waals surface area contributed by atoms with E-state index in [1.54, 1.807) is 0 Å². The van der Waals surface area contributed by atoms with Crippen LogP contribution in [0, 0.1) is 6.92 Å². The van der Waals surface area contributed by atoms with E-state index in [0.29, 0.717) is 5.89 Å². The van der Waals surface area contributed by atoms with Crippen molar-refractivity contribution in [2.45, 2.75) is 45.7 Å². The van der Waals surface area contributed by atoms with Crippen LogP contribution in [0.4, 0.5) is 0 Å². The van der Waals surface area contributed by atoms with Crippen molar-refractivity contribution in [2.24, 2.45) is 0 Å². The van der Waals surface area contributed by atoms with Crippen LogP contribution < -0.4 is 5.32 Å². The van der Waals surface area contributed by atoms with E-state index in [0.717, 1.165) is 36.7 Å². The molecule has 0 radical (unpaired) electrons. The van der Waals surface area contributed by atoms with E-state index in [4.69, 9.17) is 4.52 Å². The molecule has 0 aromatic carbocycles. The van der Waals surface area contributed by atoms with Crippen molar-refractivity contribution >= 4 is 0 Å². The third-order valence-corrected chi connectivity index (χ3v) is 3.48. The predicted octanol–water partition coefficient (Wildman–Crippen LogP) is 2.08. The number of hydrogen-bond acceptors (Lipinski definition) is 5. The Labute approximate surface area is 112 Å². The van der Waals surface area contributed by atoms with Crippen LogP contribution in [-0.4, -0.2) is 26.5 Å². The number of hydrogen-bond donors (Lipinski definition) is 1. The van der Waals surface area contributed by atoms with Crippen molar-refractivity contribution in [3.8, 4) is 11.6 Å². The molecule has 3 rings (SSSR count). The second kappa shape index (κ2) is 5.13. The second-order valence-electron chi connectivity index (χ2n) is 4.95. The standard InChI is InChI=1S/C13H19N5O/c1-3-18-11(8-9(2)16-18)13-15-12(17-19-13)10-6-4-5-7-14-10/h8,10,14H,3-7H2,1-2H3. The summed E-state index contributed by atoms with van der Waals surface area (Å²) in [6.07, 6.45) is 3.52. The third kappa shape index (κ3) is 2.40. The lowest BCUT2D eigenvalue weighted by molar-refractivity contribution is 0.366. The molecule has 2 aromatic rings. The van der Waals surface area contributed by atoms with Crippen molar-refractivity contribution in [1.82, 2.24) is 25.2 Å². The molecular formula is C13H19N5O. The summed E-state index contributed by atoms with van der Waals surface area (Å²) in [5.74, 6) is 1.32. The summed E-state index contributed by atoms with van der Waals surface area (Å²) >= 11 is 0. The summed E-state index contributed by atoms with van der Waals surface area (Å²) in [6, 6.07) is 2.21. The van der Waals surface area contributed by atoms with Gasteiger partial charge in [0.1, 0.15) is 5.69 Å². The molecule has 0 aliphatic carbocycles. The predicted molar refractivity (Wildman–Crippen MR) is 70.5 cm³/mol. The minimum Gasteiger partial charge on any atom is -0.332 e. The Morgan fingerprint density at radius 1 is 1.47 bits per heavy atom. The van der Waals surface area contributed by atoms with E-state index < -0.39 is 0 Å². The molecule has 0 amide bonds. The first-order chi connectivity index (χ1) is 9.28. The van der Waals surface area contributed by atoms with E-state index in [-0.39, 0.29) is 6.04 Å². The molecule has 0 spiro atoms. The van der Waals surface area contributed by atoms with E-state index >= 15 is 0 Å². The SMILES string of the molecule is CCn1nc(C)cc1-c1nc(C2CCCCN2)no1. The van der Waals surface area contributed by atoms with Gasteiger partial charge < -0.3 is 9.84 Å². The van der Waals surface area contributed by atoms with Gasteiger partial charge >= 0.3 is 0 Å². The largest absolute Gasteiger partial charge is 0.332 e. The van der Waals surface area contributed by atoms with Gasteiger partial charge in [0, 0.05) is 6.54 Å². The van der Waals surface area contributed by atoms with Crippen molar-refractivity contribution in [1.29, 1.82) is 0 Å². The van der Waals surface area contributed by atoms with Gasteiger partial charge in [0.25, 0.3) is 5.89 Å². The number of piperidine rings is 1. The number of nitrogens with zero attached hydrogens (tertiary/aromatic N) is 4. The molecule has 102 valence electrons. The zero-order valence-corrected chi connectivity index (χ0v) is 11.4. The van der Waals surface area contributed by atoms with E-state index in [1.165, 1.54) is 12.8 Å². The molecule has 6 nitrogen and oxygen atoms in total. The fourth-order valence-corrected chi connectivity index (χ4v) is 2.51. The van der Waals surface area contributed by atoms with Gasteiger partial charge in [-0.3, -0.25) is 4.68 Å². The van der Waals surface area contributed by atoms with Gasteiger partial charge in [-0.15, -0.1) is 0 Å². The first-order valence-corrected chi connectivity index (χ1v) is 6.89. The minimum atomic E-state index is 0.227. The van der Waals surface area contributed by atoms with Gasteiger partial charge in [-0.1, -0.05) is 11.6 Å². The lowest BCUT2D eigenvalue weighted by Gasteiger charge is -2.19. The molecule has 1 fully saturated rings. The Balaban J connectivity index is 1.87. The third-order valence-electron chi connectivity index (χ3n) is 3.48. The highest BCUT2D eigenvalue weighted by molar-refractivity contribution is 5.47. The maximum Gasteiger partial charge on any atom is 0.276 e. The highest BCUT2D eigenvalue weighted by atomic mass is 16.5. The van der Waals surface area contributed by atoms with Crippen LogP contribution in [0.25, 0.3) is 11.6 Å². The van der Waals surface area contributed by atoms with Crippen molar-refractivity contribution in [3.05, 3.63) is 17.6 Å². The Hall–Kier alpha value is -1.69. The zero-order chi connectivity index (χ0) is 13.2. The van der Waals surface area contributed by atoms with Gasteiger partial charge in [-0.2, -0.15) is 10.1 Å². The maximum atomic E-state index is 5.40. The molecule has 1 aliphatic heterocycles. The average Bonchev–Trinajstić information content (AvgIpc) is 3.05. The van der Waals surface area contributed by atoms with Crippen LogP contribution in [0.2, 0.25) is 0 Å². The van der Waals surface area contributed by atoms with Crippen LogP contribution in [0.1, 0.15) is 43.7 Å². The lowest BCUT2D eigenvalue weighted by Crippen LogP contribution is -2.27. The summed E-state index contributed by atoms with van der Waals surface area (Å²) < 4.78 is 7.29. The van der Waals surface area contributed by atoms with Crippen LogP contribution in [0.5, 0.6) is 0 Å². The Kier molecular flexibility index (Phi) is 3.33. The molecule has 1 atom stereocenters. The molecule has 1 N–H and O–H groups in total. The summed E-state index contributed by atoms with van der Waals surface area (Å²) in [4.78, 5) is 4.53. The van der Waals surface area contributed by atoms with Gasteiger partial charge in [0.15, 0.2) is 5.82 Å². The average molecular weight is 261 g/mol. The van der Waals surface area contributed by atoms with Gasteiger partial charge in [-0.05, 0) is 39.3 Å². The molecular weight excluding hydrogens is 242 g/mol. The molecule has 1 saturated heterocycles. The highest BCUT2D eigenvalue weighted by Gasteiger charge is 2.22. The number of rotatable bonds is 3. The monoisotopic (exact) mass is 261 g/mol. The Morgan fingerprint density at radius 3 is 3.11 bits per heavy atom. The van der Waals surface area contributed by atoms with Crippen LogP contribution in [0.15, 0.2) is 10.6 Å². The summed E-state index contributed by atoms with van der Waals surface area (Å²) in [6.45, 7) is 5.84. The molecule has 1 unspecified atom stereocenters. The van der Waals surface area contributed by atoms with Crippen LogP contribution >= 0.6 is 0 Å². The quantitative estimate of drug-likeness (QED) is 0.916. The first-order valence-electron chi connectivity index (χ1n) is 6.89. The first kappa shape index (κ1) is 12.3. The van der Waals surface area contributed by atoms with Gasteiger partial charge in [0.2, 0.25) is 0 Å². The lowest BCUT2D eigenvalue weighted by atomic mass is 10.0. The summed E-state index contributed by atoms with van der Waals surface area (Å²) in [5.41, 5.74) is 1.86. The Morgan fingerprint density at radius 2 is 2.37 bits per heavy atom. The van der Waals surface area contributed by atoms with E-state index in [2.05, 4.69) is 27.5 Å². The maximum absolute atomic E-state index is 5.40. The topological polar surface area (TPSA) is 68.8 Å². The highest BCUT2D eigenvalue weighted by Crippen LogP contribution is 2.24. The van der Waals surface area contributed by atoms with Gasteiger partial charge in [-0.25, -0.2) is 0 Å². The molecule has 1 aliphatic rings. The Bertz CT molecular complexity index is 553. The minimum absolute atomic E-state index is 0.227. The smallest absolute Gasteiger partial charge is 0.276 e. The fourth-order valence-electron chi connectivity index (χ4n) is 2.51. The normalized spacial score (nSPS) is 19.8. The summed E-state index contributed by atoms with van der Waals surface area (Å²) in [5, 5.41) is 11.9. The van der Waals surface area contributed by atoms with Crippen LogP contribution in [0.3, 0.4) is 0 Å². The van der Waals surface area contributed by atoms with E-state index in [1.807, 2.05) is 17.7 Å². The number of aryl methyl sites for hydroxylation is 2. The molecule has 0 saturated carbocycles. The van der Waals surface area contributed by atoms with Crippen LogP contribution in [-0.2, 0) is 6.54 Å². The molecule has 3 heterocycles. The molecule has 19 heavy (non-hydrogen) atoms.